The number of ether oxygens (including phenoxy) is 6. The summed E-state index contributed by atoms with van der Waals surface area (Å²) in [6, 6.07) is 0.0480. The SMILES string of the molecule is CC1CN(C(=O)CCCSSCCCC(N)=O)CC(COP(=O)(N(C)C)N2CC(C)OC(COP(=O)(N(C)C)N(C)CC(N)=O)C2)O1.CC1CN(C(=O)CCCSSCCCC(N)=O)CC(COP(=O)(N(C)C)N2CC(C)OC(COP(=O)(N(C)C)N3CCN(c4nc(OCCOCCN)nc(N(C)CC(N)=O)n4)CC3)C2)O1. The van der Waals surface area contributed by atoms with Crippen molar-refractivity contribution in [2.75, 3.05) is 248 Å². The van der Waals surface area contributed by atoms with E-state index in [0.717, 1.165) is 48.7 Å². The zero-order valence-electron chi connectivity index (χ0n) is 68.3. The summed E-state index contributed by atoms with van der Waals surface area (Å²) in [5.74, 6) is 2.12. The van der Waals surface area contributed by atoms with Gasteiger partial charge in [-0.3, -0.25) is 47.0 Å². The summed E-state index contributed by atoms with van der Waals surface area (Å²) < 4.78 is 130. The van der Waals surface area contributed by atoms with E-state index in [2.05, 4.69) is 15.0 Å². The molecule has 12 atom stereocenters. The maximum atomic E-state index is 14.8. The molecule has 0 bridgehead atoms. The van der Waals surface area contributed by atoms with Crippen LogP contribution < -0.4 is 43.2 Å². The molecule has 0 radical (unpaired) electrons. The van der Waals surface area contributed by atoms with Gasteiger partial charge in [0.15, 0.2) is 0 Å². The highest BCUT2D eigenvalue weighted by Crippen LogP contribution is 2.57. The van der Waals surface area contributed by atoms with Gasteiger partial charge in [0.1, 0.15) is 6.61 Å². The lowest BCUT2D eigenvalue weighted by Crippen LogP contribution is -2.51. The number of nitrogens with zero attached hydrogens (tertiary/aromatic N) is 15. The number of likely N-dealkylation sites (N-methyl/N-ethyl adjacent to an activating group) is 2. The van der Waals surface area contributed by atoms with Gasteiger partial charge in [0.05, 0.1) is 102 Å². The molecule has 5 fully saturated rings. The predicted molar refractivity (Wildman–Crippen MR) is 441 cm³/mol. The summed E-state index contributed by atoms with van der Waals surface area (Å²) in [5.41, 5.74) is 26.6. The molecule has 5 saturated heterocycles. The molecule has 113 heavy (non-hydrogen) atoms. The van der Waals surface area contributed by atoms with Crippen LogP contribution in [0.3, 0.4) is 0 Å². The van der Waals surface area contributed by atoms with Gasteiger partial charge in [-0.15, -0.1) is 0 Å². The number of primary amides is 4. The van der Waals surface area contributed by atoms with Gasteiger partial charge in [-0.1, -0.05) is 43.2 Å². The number of amides is 6. The van der Waals surface area contributed by atoms with Crippen LogP contribution in [0.15, 0.2) is 0 Å². The smallest absolute Gasteiger partial charge is 0.345 e. The average Bonchev–Trinajstić information content (AvgIpc) is 0.796. The van der Waals surface area contributed by atoms with Crippen LogP contribution in [0, 0.1) is 0 Å². The maximum Gasteiger partial charge on any atom is 0.345 e. The molecule has 0 aliphatic carbocycles. The van der Waals surface area contributed by atoms with Crippen molar-refractivity contribution in [2.45, 2.75) is 128 Å². The molecule has 0 aromatic carbocycles. The molecular weight excluding hydrogens is 1630 g/mol. The average molecular weight is 1760 g/mol. The molecule has 0 saturated carbocycles. The van der Waals surface area contributed by atoms with Gasteiger partial charge < -0.3 is 94.8 Å². The topological polar surface area (TPSA) is 471 Å². The Balaban J connectivity index is 0.000000428. The second-order valence-electron chi connectivity index (χ2n) is 28.8. The first-order chi connectivity index (χ1) is 53.3. The Labute approximate surface area is 683 Å². The van der Waals surface area contributed by atoms with Gasteiger partial charge in [0, 0.05) is 141 Å². The molecule has 5 aliphatic rings. The van der Waals surface area contributed by atoms with E-state index in [1.165, 1.54) is 21.3 Å². The number of carbonyl (C=O) groups is 6. The van der Waals surface area contributed by atoms with Crippen LogP contribution in [0.5, 0.6) is 6.01 Å². The van der Waals surface area contributed by atoms with Crippen molar-refractivity contribution in [3.63, 3.8) is 0 Å². The Morgan fingerprint density at radius 3 is 1.23 bits per heavy atom. The molecule has 1 aromatic heterocycles. The third-order valence-electron chi connectivity index (χ3n) is 17.9. The highest BCUT2D eigenvalue weighted by molar-refractivity contribution is 8.77. The van der Waals surface area contributed by atoms with Crippen molar-refractivity contribution >= 4 is 121 Å². The largest absolute Gasteiger partial charge is 0.461 e. The fourth-order valence-corrected chi connectivity index (χ4v) is 24.7. The Kier molecular flexibility index (Phi) is 44.6. The highest BCUT2D eigenvalue weighted by atomic mass is 33.1. The van der Waals surface area contributed by atoms with E-state index in [1.807, 2.05) is 32.6 Å². The van der Waals surface area contributed by atoms with Gasteiger partial charge in [-0.05, 0) is 117 Å². The number of nitrogens with two attached hydrogens (primary N) is 5. The van der Waals surface area contributed by atoms with Crippen molar-refractivity contribution in [1.82, 2.24) is 62.1 Å². The third kappa shape index (κ3) is 33.8. The van der Waals surface area contributed by atoms with Crippen molar-refractivity contribution in [3.8, 4) is 6.01 Å². The van der Waals surface area contributed by atoms with Crippen LogP contribution in [0.4, 0.5) is 11.9 Å². The Morgan fingerprint density at radius 1 is 0.451 bits per heavy atom. The Hall–Kier alpha value is -3.17. The summed E-state index contributed by atoms with van der Waals surface area (Å²) in [6.45, 7) is 12.3. The van der Waals surface area contributed by atoms with Crippen LogP contribution in [0.25, 0.3) is 0 Å². The van der Waals surface area contributed by atoms with E-state index in [-0.39, 0.29) is 126 Å². The summed E-state index contributed by atoms with van der Waals surface area (Å²) in [6.07, 6.45) is 1.29. The van der Waals surface area contributed by atoms with E-state index >= 15 is 0 Å². The molecule has 6 heterocycles. The molecule has 5 aliphatic heterocycles. The number of rotatable bonds is 50. The first-order valence-electron chi connectivity index (χ1n) is 37.9. The zero-order chi connectivity index (χ0) is 83.8. The normalized spacial score (nSPS) is 23.8. The maximum absolute atomic E-state index is 14.8. The zero-order valence-corrected chi connectivity index (χ0v) is 75.2. The number of anilines is 2. The number of hydrogen-bond acceptors (Lipinski definition) is 30. The predicted octanol–water partition coefficient (Wildman–Crippen LogP) is 2.68. The number of piperazine rings is 1. The summed E-state index contributed by atoms with van der Waals surface area (Å²) in [5, 5.41) is 0. The molecule has 6 rings (SSSR count). The molecule has 48 heteroatoms. The number of morpholine rings is 4. The van der Waals surface area contributed by atoms with E-state index in [9.17, 15) is 47.0 Å². The highest BCUT2D eigenvalue weighted by Gasteiger charge is 2.46. The third-order valence-corrected chi connectivity index (χ3v) is 33.2. The summed E-state index contributed by atoms with van der Waals surface area (Å²) in [7, 11) is 8.83. The molecule has 40 nitrogen and oxygen atoms in total. The molecule has 12 unspecified atom stereocenters. The molecule has 0 spiro atoms. The minimum absolute atomic E-state index is 0.00450. The van der Waals surface area contributed by atoms with Crippen LogP contribution >= 0.6 is 73.9 Å². The van der Waals surface area contributed by atoms with Crippen LogP contribution in [0.2, 0.25) is 0 Å². The molecule has 6 amide bonds. The lowest BCUT2D eigenvalue weighted by molar-refractivity contribution is -0.147. The molecule has 652 valence electrons. The minimum Gasteiger partial charge on any atom is -0.461 e. The van der Waals surface area contributed by atoms with Crippen molar-refractivity contribution in [3.05, 3.63) is 0 Å². The standard InChI is InChI=1S/C38H73N13O11P2S2.C27H55N7O9P2S2/c1-29-22-49(35(54)11-9-21-66-65-20-8-10-33(40)52)24-31(61-29)27-60-64(56,46(5)6)51-23-30(2)62-32(25-51)28-59-63(55,45(3)4)50-15-13-48(14-16-50)37-42-36(47(7)26-34(41)53)43-38(44-37)58-19-18-57-17-12-39;1-21-14-33(27(37)11-9-13-47-46-12-8-10-25(28)35)16-23(42-21)19-41-45(39,31(5)6)34-15-22(2)43-24(17-34)20-40-44(38,30(3)4)32(7)18-26(29)36/h29-32H,8-28,39H2,1-7H3,(H2,40,52)(H2,41,53);21-24H,8-20H2,1-7H3,(H2,28,35)(H2,29,36). The Bertz CT molecular complexity index is 3330. The van der Waals surface area contributed by atoms with Crippen LogP contribution in [-0.2, 0) is 88.8 Å². The van der Waals surface area contributed by atoms with Crippen LogP contribution in [-0.4, -0.2) is 384 Å². The number of aromatic nitrogens is 3. The molecular formula is C65H128N20O20P4S4. The van der Waals surface area contributed by atoms with Crippen molar-refractivity contribution < 1.29 is 93.5 Å². The second kappa shape index (κ2) is 50.2. The second-order valence-corrected chi connectivity index (χ2v) is 44.7. The fourth-order valence-electron chi connectivity index (χ4n) is 12.5. The van der Waals surface area contributed by atoms with Crippen molar-refractivity contribution in [2.24, 2.45) is 28.7 Å². The first kappa shape index (κ1) is 100. The Morgan fingerprint density at radius 2 is 0.841 bits per heavy atom. The van der Waals surface area contributed by atoms with Crippen molar-refractivity contribution in [1.29, 1.82) is 0 Å². The first-order valence-corrected chi connectivity index (χ1v) is 49.0. The number of carbonyl (C=O) groups excluding carboxylic acids is 6. The molecule has 10 N–H and O–H groups in total. The summed E-state index contributed by atoms with van der Waals surface area (Å²) in [4.78, 5) is 91.6. The fraction of sp³-hybridized carbons (Fsp3) is 0.862. The van der Waals surface area contributed by atoms with E-state index in [4.69, 9.17) is 75.2 Å². The van der Waals surface area contributed by atoms with E-state index < -0.39 is 66.9 Å². The van der Waals surface area contributed by atoms with Gasteiger partial charge >= 0.3 is 36.7 Å². The monoisotopic (exact) mass is 1760 g/mol. The summed E-state index contributed by atoms with van der Waals surface area (Å²) >= 11 is 0. The number of hydrogen-bond donors (Lipinski definition) is 5. The lowest BCUT2D eigenvalue weighted by atomic mass is 10.2. The minimum atomic E-state index is -3.63. The van der Waals surface area contributed by atoms with E-state index in [0.29, 0.717) is 110 Å². The quantitative estimate of drug-likeness (QED) is 0.0355. The van der Waals surface area contributed by atoms with Gasteiger partial charge in [0.25, 0.3) is 0 Å². The van der Waals surface area contributed by atoms with Crippen LogP contribution in [0.1, 0.15) is 79.1 Å². The van der Waals surface area contributed by atoms with Gasteiger partial charge in [-0.25, -0.2) is 37.4 Å². The lowest BCUT2D eigenvalue weighted by Gasteiger charge is -2.44. The van der Waals surface area contributed by atoms with Gasteiger partial charge in [-0.2, -0.15) is 15.0 Å². The van der Waals surface area contributed by atoms with E-state index in [1.54, 1.807) is 144 Å². The molecule has 1 aromatic rings. The van der Waals surface area contributed by atoms with Gasteiger partial charge in [0.2, 0.25) is 47.3 Å².